The van der Waals surface area contributed by atoms with Gasteiger partial charge in [0.1, 0.15) is 10.6 Å². The Hall–Kier alpha value is -2.17. The number of hydrogen-bond donors (Lipinski definition) is 0. The van der Waals surface area contributed by atoms with Crippen LogP contribution in [0.1, 0.15) is 18.7 Å². The quantitative estimate of drug-likeness (QED) is 0.464. The minimum atomic E-state index is -0.305. The molecule has 0 fully saturated rings. The zero-order chi connectivity index (χ0) is 18.8. The van der Waals surface area contributed by atoms with Gasteiger partial charge in [0.25, 0.3) is 5.56 Å². The highest BCUT2D eigenvalue weighted by atomic mass is 32.2. The van der Waals surface area contributed by atoms with Gasteiger partial charge < -0.3 is 0 Å². The number of nitriles is 1. The van der Waals surface area contributed by atoms with E-state index in [1.807, 2.05) is 20.8 Å². The maximum absolute atomic E-state index is 13.3. The zero-order valence-corrected chi connectivity index (χ0v) is 16.4. The van der Waals surface area contributed by atoms with Crippen molar-refractivity contribution in [2.75, 3.05) is 5.75 Å². The summed E-state index contributed by atoms with van der Waals surface area (Å²) in [4.78, 5) is 19.5. The van der Waals surface area contributed by atoms with Crippen molar-refractivity contribution in [1.29, 1.82) is 5.26 Å². The van der Waals surface area contributed by atoms with Crippen LogP contribution in [-0.4, -0.2) is 15.3 Å². The first-order valence-corrected chi connectivity index (χ1v) is 10.1. The summed E-state index contributed by atoms with van der Waals surface area (Å²) in [5.41, 5.74) is 1.55. The molecule has 2 aromatic heterocycles. The lowest BCUT2D eigenvalue weighted by Gasteiger charge is -2.11. The summed E-state index contributed by atoms with van der Waals surface area (Å²) in [6.07, 6.45) is 0. The number of thioether (sulfide) groups is 1. The Morgan fingerprint density at radius 1 is 1.38 bits per heavy atom. The highest BCUT2D eigenvalue weighted by Crippen LogP contribution is 2.36. The number of nitrogens with zero attached hydrogens (tertiary/aromatic N) is 3. The van der Waals surface area contributed by atoms with Gasteiger partial charge in [-0.2, -0.15) is 5.26 Å². The first kappa shape index (κ1) is 18.6. The van der Waals surface area contributed by atoms with Crippen molar-refractivity contribution < 1.29 is 4.39 Å². The van der Waals surface area contributed by atoms with Crippen molar-refractivity contribution in [3.63, 3.8) is 0 Å². The molecule has 0 N–H and O–H groups in total. The van der Waals surface area contributed by atoms with Gasteiger partial charge in [0.05, 0.1) is 17.4 Å². The molecule has 0 saturated heterocycles. The summed E-state index contributed by atoms with van der Waals surface area (Å²) in [5.74, 6) is 0.168. The van der Waals surface area contributed by atoms with E-state index in [-0.39, 0.29) is 17.3 Å². The van der Waals surface area contributed by atoms with Crippen molar-refractivity contribution in [3.8, 4) is 17.2 Å². The zero-order valence-electron chi connectivity index (χ0n) is 14.7. The van der Waals surface area contributed by atoms with E-state index in [9.17, 15) is 9.18 Å². The lowest BCUT2D eigenvalue weighted by Crippen LogP contribution is -2.22. The highest BCUT2D eigenvalue weighted by Gasteiger charge is 2.20. The maximum Gasteiger partial charge on any atom is 0.263 e. The average molecular weight is 388 g/mol. The number of halogens is 1. The molecular weight excluding hydrogens is 369 g/mol. The first-order chi connectivity index (χ1) is 12.5. The molecule has 0 aliphatic heterocycles. The summed E-state index contributed by atoms with van der Waals surface area (Å²) in [5, 5.41) is 10.2. The molecule has 26 heavy (non-hydrogen) atoms. The molecule has 0 aliphatic carbocycles. The van der Waals surface area contributed by atoms with Crippen molar-refractivity contribution in [2.24, 2.45) is 5.92 Å². The lowest BCUT2D eigenvalue weighted by molar-refractivity contribution is 0.628. The number of aryl methyl sites for hydroxylation is 1. The van der Waals surface area contributed by atoms with E-state index in [4.69, 9.17) is 10.2 Å². The molecule has 0 bridgehead atoms. The third-order valence-electron chi connectivity index (χ3n) is 4.08. The summed E-state index contributed by atoms with van der Waals surface area (Å²) in [6, 6.07) is 8.38. The molecule has 0 spiro atoms. The smallest absolute Gasteiger partial charge is 0.263 e. The van der Waals surface area contributed by atoms with Crippen molar-refractivity contribution in [2.45, 2.75) is 32.5 Å². The second-order valence-electron chi connectivity index (χ2n) is 6.01. The third-order valence-corrected chi connectivity index (χ3v) is 6.32. The molecule has 4 nitrogen and oxygen atoms in total. The van der Waals surface area contributed by atoms with Gasteiger partial charge in [-0.25, -0.2) is 9.37 Å². The van der Waals surface area contributed by atoms with Gasteiger partial charge in [-0.05, 0) is 38.5 Å². The monoisotopic (exact) mass is 387 g/mol. The van der Waals surface area contributed by atoms with Crippen molar-refractivity contribution in [3.05, 3.63) is 45.3 Å². The summed E-state index contributed by atoms with van der Waals surface area (Å²) in [6.45, 7) is 6.21. The fraction of sp³-hybridized carbons (Fsp3) is 0.316. The first-order valence-electron chi connectivity index (χ1n) is 8.28. The van der Waals surface area contributed by atoms with E-state index < -0.39 is 0 Å². The minimum Gasteiger partial charge on any atom is -0.287 e. The predicted octanol–water partition coefficient (Wildman–Crippen LogP) is 4.84. The standard InChI is InChI=1S/C19H18FN3OS2/c1-4-23-18(24)16-15(13-5-7-14(20)8-6-13)12(3)26-17(16)22-19(23)25-10-11(2)9-21/h5-8,11H,4,10H2,1-3H3/t11-/m0/s1. The van der Waals surface area contributed by atoms with Gasteiger partial charge in [-0.1, -0.05) is 23.9 Å². The van der Waals surface area contributed by atoms with Gasteiger partial charge in [-0.3, -0.25) is 9.36 Å². The Kier molecular flexibility index (Phi) is 5.44. The number of thiophene rings is 1. The van der Waals surface area contributed by atoms with E-state index in [1.54, 1.807) is 16.7 Å². The molecule has 3 aromatic rings. The van der Waals surface area contributed by atoms with E-state index in [2.05, 4.69) is 6.07 Å². The van der Waals surface area contributed by atoms with Crippen LogP contribution in [0.4, 0.5) is 4.39 Å². The van der Waals surface area contributed by atoms with Gasteiger partial charge >= 0.3 is 0 Å². The van der Waals surface area contributed by atoms with Crippen LogP contribution in [0, 0.1) is 30.0 Å². The van der Waals surface area contributed by atoms with Crippen LogP contribution in [0.2, 0.25) is 0 Å². The summed E-state index contributed by atoms with van der Waals surface area (Å²) < 4.78 is 14.9. The Balaban J connectivity index is 2.19. The Bertz CT molecular complexity index is 1050. The average Bonchev–Trinajstić information content (AvgIpc) is 2.96. The van der Waals surface area contributed by atoms with Crippen LogP contribution in [0.5, 0.6) is 0 Å². The fourth-order valence-corrected chi connectivity index (χ4v) is 4.86. The number of fused-ring (bicyclic) bond motifs is 1. The maximum atomic E-state index is 13.3. The summed E-state index contributed by atoms with van der Waals surface area (Å²) in [7, 11) is 0. The van der Waals surface area contributed by atoms with Crippen LogP contribution < -0.4 is 5.56 Å². The van der Waals surface area contributed by atoms with Gasteiger partial charge in [-0.15, -0.1) is 11.3 Å². The molecule has 0 radical (unpaired) electrons. The number of rotatable bonds is 5. The Labute approximate surface area is 159 Å². The van der Waals surface area contributed by atoms with Crippen LogP contribution in [0.25, 0.3) is 21.3 Å². The van der Waals surface area contributed by atoms with E-state index in [1.165, 1.54) is 35.2 Å². The largest absolute Gasteiger partial charge is 0.287 e. The SMILES string of the molecule is CCn1c(SC[C@@H](C)C#N)nc2sc(C)c(-c3ccc(F)cc3)c2c1=O. The number of aromatic nitrogens is 2. The molecule has 1 atom stereocenters. The van der Waals surface area contributed by atoms with E-state index >= 15 is 0 Å². The topological polar surface area (TPSA) is 58.7 Å². The van der Waals surface area contributed by atoms with E-state index in [0.29, 0.717) is 27.7 Å². The van der Waals surface area contributed by atoms with Crippen LogP contribution in [-0.2, 0) is 6.54 Å². The van der Waals surface area contributed by atoms with Crippen LogP contribution in [0.15, 0.2) is 34.2 Å². The molecule has 0 saturated carbocycles. The Morgan fingerprint density at radius 3 is 2.69 bits per heavy atom. The van der Waals surface area contributed by atoms with Crippen LogP contribution in [0.3, 0.4) is 0 Å². The summed E-state index contributed by atoms with van der Waals surface area (Å²) >= 11 is 2.90. The molecule has 1 aromatic carbocycles. The van der Waals surface area contributed by atoms with Gasteiger partial charge in [0.15, 0.2) is 5.16 Å². The Morgan fingerprint density at radius 2 is 2.08 bits per heavy atom. The molecule has 0 amide bonds. The van der Waals surface area contributed by atoms with Crippen LogP contribution >= 0.6 is 23.1 Å². The predicted molar refractivity (Wildman–Crippen MR) is 105 cm³/mol. The van der Waals surface area contributed by atoms with Gasteiger partial charge in [0.2, 0.25) is 0 Å². The number of hydrogen-bond acceptors (Lipinski definition) is 5. The number of benzene rings is 1. The van der Waals surface area contributed by atoms with Crippen molar-refractivity contribution in [1.82, 2.24) is 9.55 Å². The fourth-order valence-electron chi connectivity index (χ4n) is 2.77. The minimum absolute atomic E-state index is 0.0896. The lowest BCUT2D eigenvalue weighted by atomic mass is 10.0. The molecular formula is C19H18FN3OS2. The highest BCUT2D eigenvalue weighted by molar-refractivity contribution is 7.99. The normalized spacial score (nSPS) is 12.3. The molecule has 0 aliphatic rings. The van der Waals surface area contributed by atoms with E-state index in [0.717, 1.165) is 16.0 Å². The molecule has 134 valence electrons. The molecule has 7 heteroatoms. The second kappa shape index (κ2) is 7.60. The molecule has 0 unspecified atom stereocenters. The van der Waals surface area contributed by atoms with Crippen molar-refractivity contribution >= 4 is 33.3 Å². The third kappa shape index (κ3) is 3.39. The second-order valence-corrected chi connectivity index (χ2v) is 8.20. The molecule has 3 rings (SSSR count). The molecule has 2 heterocycles. The van der Waals surface area contributed by atoms with Gasteiger partial charge in [0, 0.05) is 22.7 Å².